The van der Waals surface area contributed by atoms with Crippen molar-refractivity contribution in [2.24, 2.45) is 5.92 Å². The van der Waals surface area contributed by atoms with Crippen LogP contribution in [0.15, 0.2) is 46.9 Å². The highest BCUT2D eigenvalue weighted by Crippen LogP contribution is 2.26. The van der Waals surface area contributed by atoms with Crippen molar-refractivity contribution in [3.05, 3.63) is 52.5 Å². The Labute approximate surface area is 203 Å². The van der Waals surface area contributed by atoms with Crippen molar-refractivity contribution in [2.75, 3.05) is 25.1 Å². The number of hydrogen-bond donors (Lipinski definition) is 2. The van der Waals surface area contributed by atoms with Gasteiger partial charge in [0, 0.05) is 23.9 Å². The quantitative estimate of drug-likeness (QED) is 0.422. The molecule has 1 unspecified atom stereocenters. The second-order valence-electron chi connectivity index (χ2n) is 8.06. The summed E-state index contributed by atoms with van der Waals surface area (Å²) in [6.45, 7) is 6.26. The lowest BCUT2D eigenvalue weighted by Crippen LogP contribution is -2.34. The Kier molecular flexibility index (Phi) is 9.32. The SMILES string of the molecule is CC(C)CCOc1ccc(C(=O)NC(=S)Nc2cccc(OCC3CCCO3)c2)cc1Br. The van der Waals surface area contributed by atoms with Crippen LogP contribution in [0.1, 0.15) is 43.5 Å². The van der Waals surface area contributed by atoms with Crippen LogP contribution in [0.4, 0.5) is 5.69 Å². The van der Waals surface area contributed by atoms with E-state index in [1.54, 1.807) is 18.2 Å². The number of ether oxygens (including phenoxy) is 3. The van der Waals surface area contributed by atoms with E-state index in [1.807, 2.05) is 24.3 Å². The molecule has 172 valence electrons. The topological polar surface area (TPSA) is 68.8 Å². The highest BCUT2D eigenvalue weighted by molar-refractivity contribution is 9.10. The summed E-state index contributed by atoms with van der Waals surface area (Å²) in [4.78, 5) is 12.6. The molecule has 1 saturated heterocycles. The van der Waals surface area contributed by atoms with E-state index in [1.165, 1.54) is 0 Å². The smallest absolute Gasteiger partial charge is 0.257 e. The fourth-order valence-corrected chi connectivity index (χ4v) is 3.83. The van der Waals surface area contributed by atoms with Crippen molar-refractivity contribution in [3.8, 4) is 11.5 Å². The molecule has 0 radical (unpaired) electrons. The Morgan fingerprint density at radius 3 is 2.81 bits per heavy atom. The molecule has 6 nitrogen and oxygen atoms in total. The predicted molar refractivity (Wildman–Crippen MR) is 134 cm³/mol. The Bertz CT molecular complexity index is 932. The standard InChI is InChI=1S/C24H29BrN2O4S/c1-16(2)10-12-30-22-9-8-17(13-21(22)25)23(28)27-24(32)26-18-5-3-6-19(14-18)31-15-20-7-4-11-29-20/h3,5-6,8-9,13-14,16,20H,4,7,10-12,15H2,1-2H3,(H2,26,27,28,32). The zero-order valence-electron chi connectivity index (χ0n) is 18.4. The highest BCUT2D eigenvalue weighted by atomic mass is 79.9. The molecule has 0 aromatic heterocycles. The number of thiocarbonyl (C=S) groups is 1. The van der Waals surface area contributed by atoms with Gasteiger partial charge in [0.15, 0.2) is 5.11 Å². The van der Waals surface area contributed by atoms with Crippen LogP contribution in [-0.4, -0.2) is 36.9 Å². The first-order valence-corrected chi connectivity index (χ1v) is 12.0. The fraction of sp³-hybridized carbons (Fsp3) is 0.417. The molecule has 2 N–H and O–H groups in total. The summed E-state index contributed by atoms with van der Waals surface area (Å²) in [6.07, 6.45) is 3.22. The van der Waals surface area contributed by atoms with Gasteiger partial charge < -0.3 is 19.5 Å². The summed E-state index contributed by atoms with van der Waals surface area (Å²) < 4.78 is 17.9. The van der Waals surface area contributed by atoms with Crippen LogP contribution in [-0.2, 0) is 4.74 Å². The summed E-state index contributed by atoms with van der Waals surface area (Å²) in [5.74, 6) is 1.70. The number of amides is 1. The molecule has 32 heavy (non-hydrogen) atoms. The maximum atomic E-state index is 12.6. The van der Waals surface area contributed by atoms with Gasteiger partial charge in [0.2, 0.25) is 0 Å². The van der Waals surface area contributed by atoms with E-state index in [2.05, 4.69) is 40.4 Å². The van der Waals surface area contributed by atoms with Crippen molar-refractivity contribution >= 4 is 44.9 Å². The Morgan fingerprint density at radius 2 is 2.09 bits per heavy atom. The molecule has 0 spiro atoms. The number of anilines is 1. The number of carbonyl (C=O) groups is 1. The predicted octanol–water partition coefficient (Wildman–Crippen LogP) is 5.56. The van der Waals surface area contributed by atoms with Gasteiger partial charge in [-0.3, -0.25) is 10.1 Å². The van der Waals surface area contributed by atoms with Gasteiger partial charge >= 0.3 is 0 Å². The summed E-state index contributed by atoms with van der Waals surface area (Å²) in [7, 11) is 0. The lowest BCUT2D eigenvalue weighted by Gasteiger charge is -2.14. The second kappa shape index (κ2) is 12.2. The molecule has 0 aliphatic carbocycles. The maximum Gasteiger partial charge on any atom is 0.257 e. The molecule has 2 aromatic rings. The average Bonchev–Trinajstić information content (AvgIpc) is 3.27. The number of hydrogen-bond acceptors (Lipinski definition) is 5. The lowest BCUT2D eigenvalue weighted by atomic mass is 10.1. The first kappa shape index (κ1) is 24.5. The summed E-state index contributed by atoms with van der Waals surface area (Å²) in [5, 5.41) is 5.94. The van der Waals surface area contributed by atoms with E-state index in [9.17, 15) is 4.79 Å². The molecule has 8 heteroatoms. The molecule has 1 fully saturated rings. The largest absolute Gasteiger partial charge is 0.492 e. The average molecular weight is 521 g/mol. The molecule has 0 saturated carbocycles. The van der Waals surface area contributed by atoms with E-state index in [-0.39, 0.29) is 17.1 Å². The van der Waals surface area contributed by atoms with Crippen LogP contribution in [0.3, 0.4) is 0 Å². The molecule has 3 rings (SSSR count). The Balaban J connectivity index is 1.50. The number of nitrogens with one attached hydrogen (secondary N) is 2. The maximum absolute atomic E-state index is 12.6. The van der Waals surface area contributed by atoms with Crippen LogP contribution in [0, 0.1) is 5.92 Å². The van der Waals surface area contributed by atoms with Gasteiger partial charge in [-0.05, 0) is 83.7 Å². The molecular weight excluding hydrogens is 492 g/mol. The van der Waals surface area contributed by atoms with Gasteiger partial charge in [-0.25, -0.2) is 0 Å². The molecule has 1 atom stereocenters. The fourth-order valence-electron chi connectivity index (χ4n) is 3.13. The zero-order chi connectivity index (χ0) is 22.9. The van der Waals surface area contributed by atoms with Gasteiger partial charge in [-0.1, -0.05) is 19.9 Å². The van der Waals surface area contributed by atoms with Crippen molar-refractivity contribution in [1.82, 2.24) is 5.32 Å². The van der Waals surface area contributed by atoms with Crippen molar-refractivity contribution in [3.63, 3.8) is 0 Å². The number of halogens is 1. The van der Waals surface area contributed by atoms with Crippen LogP contribution < -0.4 is 20.1 Å². The number of rotatable bonds is 9. The molecule has 1 aliphatic rings. The second-order valence-corrected chi connectivity index (χ2v) is 9.32. The third-order valence-electron chi connectivity index (χ3n) is 4.93. The molecule has 1 heterocycles. The highest BCUT2D eigenvalue weighted by Gasteiger charge is 2.16. The Morgan fingerprint density at radius 1 is 1.25 bits per heavy atom. The van der Waals surface area contributed by atoms with E-state index in [0.717, 1.165) is 41.8 Å². The first-order valence-electron chi connectivity index (χ1n) is 10.8. The van der Waals surface area contributed by atoms with Crippen LogP contribution in [0.25, 0.3) is 0 Å². The molecule has 2 aromatic carbocycles. The lowest BCUT2D eigenvalue weighted by molar-refractivity contribution is 0.0680. The van der Waals surface area contributed by atoms with Crippen LogP contribution in [0.2, 0.25) is 0 Å². The van der Waals surface area contributed by atoms with Crippen molar-refractivity contribution in [2.45, 2.75) is 39.2 Å². The minimum absolute atomic E-state index is 0.151. The minimum atomic E-state index is -0.303. The van der Waals surface area contributed by atoms with Gasteiger partial charge in [0.1, 0.15) is 18.1 Å². The van der Waals surface area contributed by atoms with Gasteiger partial charge in [0.05, 0.1) is 17.2 Å². The van der Waals surface area contributed by atoms with Gasteiger partial charge in [0.25, 0.3) is 5.91 Å². The normalized spacial score (nSPS) is 15.4. The van der Waals surface area contributed by atoms with Gasteiger partial charge in [-0.2, -0.15) is 0 Å². The van der Waals surface area contributed by atoms with Crippen molar-refractivity contribution in [1.29, 1.82) is 0 Å². The number of carbonyl (C=O) groups excluding carboxylic acids is 1. The van der Waals surface area contributed by atoms with Crippen LogP contribution in [0.5, 0.6) is 11.5 Å². The zero-order valence-corrected chi connectivity index (χ0v) is 20.8. The van der Waals surface area contributed by atoms with E-state index < -0.39 is 0 Å². The molecule has 1 amide bonds. The summed E-state index contributed by atoms with van der Waals surface area (Å²) in [5.41, 5.74) is 1.21. The van der Waals surface area contributed by atoms with E-state index in [4.69, 9.17) is 26.4 Å². The summed E-state index contributed by atoms with van der Waals surface area (Å²) >= 11 is 8.78. The minimum Gasteiger partial charge on any atom is -0.492 e. The molecule has 1 aliphatic heterocycles. The monoisotopic (exact) mass is 520 g/mol. The molecule has 0 bridgehead atoms. The van der Waals surface area contributed by atoms with E-state index in [0.29, 0.717) is 30.4 Å². The first-order chi connectivity index (χ1) is 15.4. The van der Waals surface area contributed by atoms with E-state index >= 15 is 0 Å². The summed E-state index contributed by atoms with van der Waals surface area (Å²) in [6, 6.07) is 12.7. The van der Waals surface area contributed by atoms with Crippen LogP contribution >= 0.6 is 28.1 Å². The third kappa shape index (κ3) is 7.76. The number of benzene rings is 2. The Hall–Kier alpha value is -2.16. The van der Waals surface area contributed by atoms with Crippen molar-refractivity contribution < 1.29 is 19.0 Å². The molecular formula is C24H29BrN2O4S. The third-order valence-corrected chi connectivity index (χ3v) is 5.75. The van der Waals surface area contributed by atoms with Gasteiger partial charge in [-0.15, -0.1) is 0 Å².